The van der Waals surface area contributed by atoms with Gasteiger partial charge in [0.1, 0.15) is 11.1 Å². The van der Waals surface area contributed by atoms with Gasteiger partial charge in [-0.1, -0.05) is 5.11 Å². The van der Waals surface area contributed by atoms with Crippen LogP contribution in [0.15, 0.2) is 5.11 Å². The van der Waals surface area contributed by atoms with Crippen LogP contribution in [0.25, 0.3) is 10.4 Å². The minimum atomic E-state index is -0.770. The van der Waals surface area contributed by atoms with Gasteiger partial charge in [-0.25, -0.2) is 4.98 Å². The minimum absolute atomic E-state index is 0.0445. The van der Waals surface area contributed by atoms with Crippen molar-refractivity contribution in [3.8, 4) is 0 Å². The summed E-state index contributed by atoms with van der Waals surface area (Å²) in [6, 6.07) is 0. The van der Waals surface area contributed by atoms with Gasteiger partial charge in [-0.05, 0) is 19.4 Å². The normalized spacial score (nSPS) is 12.2. The predicted octanol–water partition coefficient (Wildman–Crippen LogP) is 2.10. The molecule has 0 radical (unpaired) electrons. The topological polar surface area (TPSA) is 81.9 Å². The summed E-state index contributed by atoms with van der Waals surface area (Å²) in [6.45, 7) is 3.87. The number of azide groups is 1. The molecule has 13 heavy (non-hydrogen) atoms. The summed E-state index contributed by atoms with van der Waals surface area (Å²) in [7, 11) is 0. The molecule has 5 nitrogen and oxygen atoms in total. The van der Waals surface area contributed by atoms with Crippen molar-refractivity contribution in [1.82, 2.24) is 4.98 Å². The maximum absolute atomic E-state index is 9.47. The first-order valence-electron chi connectivity index (χ1n) is 3.78. The van der Waals surface area contributed by atoms with E-state index in [1.54, 1.807) is 0 Å². The molecule has 0 spiro atoms. The summed E-state index contributed by atoms with van der Waals surface area (Å²) in [6.07, 6.45) is -0.770. The van der Waals surface area contributed by atoms with Crippen molar-refractivity contribution >= 4 is 11.3 Å². The van der Waals surface area contributed by atoms with Crippen molar-refractivity contribution in [2.45, 2.75) is 20.0 Å². The molecule has 0 aromatic carbocycles. The lowest BCUT2D eigenvalue weighted by Crippen LogP contribution is -1.99. The van der Waals surface area contributed by atoms with E-state index in [-0.39, 0.29) is 6.54 Å². The Morgan fingerprint density at radius 2 is 2.38 bits per heavy atom. The number of hydrogen-bond donors (Lipinski definition) is 1. The Morgan fingerprint density at radius 1 is 1.69 bits per heavy atom. The highest BCUT2D eigenvalue weighted by atomic mass is 32.1. The number of thiazole rings is 1. The molecule has 1 aromatic rings. The molecular weight excluding hydrogens is 188 g/mol. The largest absolute Gasteiger partial charge is 0.386 e. The first kappa shape index (κ1) is 9.98. The molecule has 0 aliphatic rings. The van der Waals surface area contributed by atoms with Gasteiger partial charge < -0.3 is 5.11 Å². The summed E-state index contributed by atoms with van der Waals surface area (Å²) >= 11 is 1.43. The van der Waals surface area contributed by atoms with Gasteiger partial charge in [-0.15, -0.1) is 11.3 Å². The first-order chi connectivity index (χ1) is 6.15. The molecule has 0 aliphatic carbocycles. The molecule has 0 saturated carbocycles. The van der Waals surface area contributed by atoms with E-state index in [0.29, 0.717) is 5.01 Å². The van der Waals surface area contributed by atoms with Gasteiger partial charge in [-0.2, -0.15) is 0 Å². The third-order valence-corrected chi connectivity index (χ3v) is 2.82. The smallest absolute Gasteiger partial charge is 0.122 e. The van der Waals surface area contributed by atoms with Crippen LogP contribution in [0.4, 0.5) is 0 Å². The third kappa shape index (κ3) is 2.42. The van der Waals surface area contributed by atoms with Gasteiger partial charge >= 0.3 is 0 Å². The fourth-order valence-electron chi connectivity index (χ4n) is 0.832. The molecule has 6 heteroatoms. The van der Waals surface area contributed by atoms with E-state index in [4.69, 9.17) is 5.53 Å². The van der Waals surface area contributed by atoms with Crippen molar-refractivity contribution in [3.05, 3.63) is 26.0 Å². The highest BCUT2D eigenvalue weighted by Crippen LogP contribution is 2.22. The summed E-state index contributed by atoms with van der Waals surface area (Å²) < 4.78 is 0. The van der Waals surface area contributed by atoms with Crippen LogP contribution in [0.2, 0.25) is 0 Å². The maximum Gasteiger partial charge on any atom is 0.122 e. The lowest BCUT2D eigenvalue weighted by atomic mass is 10.4. The molecule has 0 amide bonds. The molecule has 1 aromatic heterocycles. The quantitative estimate of drug-likeness (QED) is 0.458. The highest BCUT2D eigenvalue weighted by Gasteiger charge is 2.11. The number of rotatable bonds is 3. The Labute approximate surface area is 79.7 Å². The van der Waals surface area contributed by atoms with E-state index in [0.717, 1.165) is 10.6 Å². The molecule has 70 valence electrons. The van der Waals surface area contributed by atoms with Crippen LogP contribution in [0.1, 0.15) is 21.7 Å². The minimum Gasteiger partial charge on any atom is -0.386 e. The van der Waals surface area contributed by atoms with Gasteiger partial charge in [0.05, 0.1) is 12.2 Å². The number of aliphatic hydroxyl groups excluding tert-OH is 1. The number of nitrogens with zero attached hydrogens (tertiary/aromatic N) is 4. The van der Waals surface area contributed by atoms with Crippen molar-refractivity contribution in [2.75, 3.05) is 6.54 Å². The Balaban J connectivity index is 2.76. The van der Waals surface area contributed by atoms with E-state index >= 15 is 0 Å². The molecule has 0 fully saturated rings. The molecule has 0 bridgehead atoms. The second kappa shape index (κ2) is 4.23. The monoisotopic (exact) mass is 198 g/mol. The van der Waals surface area contributed by atoms with E-state index in [1.165, 1.54) is 11.3 Å². The maximum atomic E-state index is 9.47. The molecule has 1 heterocycles. The Bertz CT molecular complexity index is 323. The number of aromatic nitrogens is 1. The van der Waals surface area contributed by atoms with Crippen LogP contribution in [0, 0.1) is 13.8 Å². The lowest BCUT2D eigenvalue weighted by molar-refractivity contribution is 0.186. The Hall–Kier alpha value is -1.10. The van der Waals surface area contributed by atoms with Crippen LogP contribution in [-0.2, 0) is 0 Å². The van der Waals surface area contributed by atoms with Gasteiger partial charge in [-0.3, -0.25) is 0 Å². The lowest BCUT2D eigenvalue weighted by Gasteiger charge is -2.00. The van der Waals surface area contributed by atoms with Crippen molar-refractivity contribution in [3.63, 3.8) is 0 Å². The van der Waals surface area contributed by atoms with Gasteiger partial charge in [0.2, 0.25) is 0 Å². The van der Waals surface area contributed by atoms with E-state index in [1.807, 2.05) is 13.8 Å². The first-order valence-corrected chi connectivity index (χ1v) is 4.59. The van der Waals surface area contributed by atoms with Crippen molar-refractivity contribution < 1.29 is 5.11 Å². The zero-order valence-electron chi connectivity index (χ0n) is 7.43. The zero-order valence-corrected chi connectivity index (χ0v) is 8.25. The van der Waals surface area contributed by atoms with E-state index < -0.39 is 6.10 Å². The zero-order chi connectivity index (χ0) is 9.84. The van der Waals surface area contributed by atoms with Crippen LogP contribution < -0.4 is 0 Å². The van der Waals surface area contributed by atoms with Gasteiger partial charge in [0.15, 0.2) is 0 Å². The van der Waals surface area contributed by atoms with E-state index in [2.05, 4.69) is 15.0 Å². The van der Waals surface area contributed by atoms with Gasteiger partial charge in [0.25, 0.3) is 0 Å². The number of hydrogen-bond acceptors (Lipinski definition) is 4. The number of aryl methyl sites for hydroxylation is 2. The fourth-order valence-corrected chi connectivity index (χ4v) is 1.73. The summed E-state index contributed by atoms with van der Waals surface area (Å²) in [5.41, 5.74) is 8.97. The van der Waals surface area contributed by atoms with Crippen LogP contribution in [0.5, 0.6) is 0 Å². The van der Waals surface area contributed by atoms with Crippen molar-refractivity contribution in [2.24, 2.45) is 5.11 Å². The summed E-state index contributed by atoms with van der Waals surface area (Å²) in [5.74, 6) is 0. The van der Waals surface area contributed by atoms with Crippen LogP contribution in [-0.4, -0.2) is 16.6 Å². The predicted molar refractivity (Wildman–Crippen MR) is 50.6 cm³/mol. The average Bonchev–Trinajstić information content (AvgIpc) is 2.43. The molecule has 0 saturated heterocycles. The second-order valence-electron chi connectivity index (χ2n) is 2.62. The SMILES string of the molecule is Cc1nc([C@H](O)CN=[N+]=[N-])sc1C. The number of aliphatic hydroxyl groups is 1. The molecule has 1 N–H and O–H groups in total. The molecule has 1 atom stereocenters. The average molecular weight is 198 g/mol. The van der Waals surface area contributed by atoms with E-state index in [9.17, 15) is 5.11 Å². The molecule has 0 unspecified atom stereocenters. The van der Waals surface area contributed by atoms with Crippen LogP contribution >= 0.6 is 11.3 Å². The third-order valence-electron chi connectivity index (χ3n) is 1.65. The van der Waals surface area contributed by atoms with Crippen LogP contribution in [0.3, 0.4) is 0 Å². The highest BCUT2D eigenvalue weighted by molar-refractivity contribution is 7.11. The Kier molecular flexibility index (Phi) is 3.25. The standard InChI is InChI=1S/C7H10N4OS/c1-4-5(2)13-7(10-4)6(12)3-9-11-8/h6,12H,3H2,1-2H3/t6-/m1/s1. The molecular formula is C7H10N4OS. The molecule has 1 rings (SSSR count). The summed E-state index contributed by atoms with van der Waals surface area (Å²) in [4.78, 5) is 7.80. The second-order valence-corrected chi connectivity index (χ2v) is 3.86. The van der Waals surface area contributed by atoms with Crippen molar-refractivity contribution in [1.29, 1.82) is 0 Å². The van der Waals surface area contributed by atoms with Gasteiger partial charge in [0, 0.05) is 9.79 Å². The fraction of sp³-hybridized carbons (Fsp3) is 0.571. The summed E-state index contributed by atoms with van der Waals surface area (Å²) in [5, 5.41) is 13.4. The Morgan fingerprint density at radius 3 is 2.85 bits per heavy atom. The molecule has 0 aliphatic heterocycles.